The normalized spacial score (nSPS) is 15.6. The Morgan fingerprint density at radius 2 is 2.30 bits per heavy atom. The van der Waals surface area contributed by atoms with Gasteiger partial charge in [-0.15, -0.1) is 11.3 Å². The summed E-state index contributed by atoms with van der Waals surface area (Å²) in [5, 5.41) is 2.12. The second kappa shape index (κ2) is 6.24. The molecule has 0 saturated heterocycles. The van der Waals surface area contributed by atoms with Crippen molar-refractivity contribution in [1.29, 1.82) is 0 Å². The first-order valence-corrected chi connectivity index (χ1v) is 8.01. The van der Waals surface area contributed by atoms with Crippen LogP contribution in [-0.4, -0.2) is 48.9 Å². The van der Waals surface area contributed by atoms with Gasteiger partial charge in [0.15, 0.2) is 0 Å². The number of carbonyl (C=O) groups excluding carboxylic acids is 1. The lowest BCUT2D eigenvalue weighted by Gasteiger charge is -2.32. The Labute approximate surface area is 125 Å². The van der Waals surface area contributed by atoms with Crippen molar-refractivity contribution in [2.24, 2.45) is 11.1 Å². The van der Waals surface area contributed by atoms with Crippen molar-refractivity contribution in [2.45, 2.75) is 26.8 Å². The number of fused-ring (bicyclic) bond motifs is 1. The molecule has 2 heterocycles. The van der Waals surface area contributed by atoms with Gasteiger partial charge in [-0.2, -0.15) is 0 Å². The summed E-state index contributed by atoms with van der Waals surface area (Å²) in [4.78, 5) is 17.9. The number of thiophene rings is 1. The Hall–Kier alpha value is -0.910. The summed E-state index contributed by atoms with van der Waals surface area (Å²) < 4.78 is 0. The van der Waals surface area contributed by atoms with Crippen molar-refractivity contribution >= 4 is 17.2 Å². The van der Waals surface area contributed by atoms with Gasteiger partial charge in [0.25, 0.3) is 0 Å². The van der Waals surface area contributed by atoms with E-state index in [0.29, 0.717) is 13.1 Å². The van der Waals surface area contributed by atoms with E-state index in [-0.39, 0.29) is 11.3 Å². The lowest BCUT2D eigenvalue weighted by atomic mass is 9.93. The smallest absolute Gasteiger partial charge is 0.237 e. The third kappa shape index (κ3) is 3.81. The third-order valence-electron chi connectivity index (χ3n) is 3.82. The lowest BCUT2D eigenvalue weighted by Crippen LogP contribution is -2.44. The van der Waals surface area contributed by atoms with Crippen LogP contribution in [0.25, 0.3) is 0 Å². The Bertz CT molecular complexity index is 469. The Balaban J connectivity index is 1.87. The molecule has 2 rings (SSSR count). The largest absolute Gasteiger partial charge is 0.337 e. The highest BCUT2D eigenvalue weighted by atomic mass is 32.1. The van der Waals surface area contributed by atoms with Gasteiger partial charge in [-0.25, -0.2) is 0 Å². The number of amides is 1. The molecule has 0 spiro atoms. The highest BCUT2D eigenvalue weighted by Crippen LogP contribution is 2.24. The summed E-state index contributed by atoms with van der Waals surface area (Å²) in [7, 11) is 2.00. The molecular formula is C15H25N3OS. The monoisotopic (exact) mass is 295 g/mol. The molecule has 0 bridgehead atoms. The number of carbonyl (C=O) groups is 1. The minimum Gasteiger partial charge on any atom is -0.337 e. The van der Waals surface area contributed by atoms with Crippen LogP contribution in [0.5, 0.6) is 0 Å². The van der Waals surface area contributed by atoms with E-state index in [1.807, 2.05) is 11.9 Å². The maximum absolute atomic E-state index is 12.4. The molecule has 0 aliphatic carbocycles. The third-order valence-corrected chi connectivity index (χ3v) is 4.84. The molecule has 1 aromatic heterocycles. The van der Waals surface area contributed by atoms with Crippen LogP contribution in [-0.2, 0) is 17.8 Å². The Kier molecular flexibility index (Phi) is 4.83. The molecule has 0 radical (unpaired) electrons. The number of hydrogen-bond donors (Lipinski definition) is 1. The van der Waals surface area contributed by atoms with Crippen LogP contribution in [0.1, 0.15) is 24.3 Å². The number of nitrogens with zero attached hydrogens (tertiary/aromatic N) is 2. The average Bonchev–Trinajstić information content (AvgIpc) is 2.84. The van der Waals surface area contributed by atoms with Crippen molar-refractivity contribution < 1.29 is 4.79 Å². The van der Waals surface area contributed by atoms with E-state index in [9.17, 15) is 4.79 Å². The predicted octanol–water partition coefficient (Wildman–Crippen LogP) is 1.55. The molecule has 0 unspecified atom stereocenters. The molecule has 1 amide bonds. The van der Waals surface area contributed by atoms with E-state index in [2.05, 4.69) is 30.2 Å². The fourth-order valence-corrected chi connectivity index (χ4v) is 3.53. The van der Waals surface area contributed by atoms with Crippen molar-refractivity contribution in [3.63, 3.8) is 0 Å². The van der Waals surface area contributed by atoms with Crippen LogP contribution in [0.4, 0.5) is 0 Å². The summed E-state index contributed by atoms with van der Waals surface area (Å²) in [6.45, 7) is 7.83. The fraction of sp³-hybridized carbons (Fsp3) is 0.667. The highest BCUT2D eigenvalue weighted by molar-refractivity contribution is 7.10. The maximum atomic E-state index is 12.4. The molecular weight excluding hydrogens is 270 g/mol. The summed E-state index contributed by atoms with van der Waals surface area (Å²) in [6.07, 6.45) is 0.997. The molecule has 1 aromatic rings. The topological polar surface area (TPSA) is 49.6 Å². The van der Waals surface area contributed by atoms with E-state index in [1.54, 1.807) is 11.3 Å². The van der Waals surface area contributed by atoms with Crippen LogP contribution in [0, 0.1) is 5.41 Å². The SMILES string of the molecule is CN(CC(=O)N1CCc2sccc2C1)CC(C)(C)CN. The molecule has 0 atom stereocenters. The Morgan fingerprint density at radius 1 is 1.55 bits per heavy atom. The number of nitrogens with two attached hydrogens (primary N) is 1. The number of likely N-dealkylation sites (N-methyl/N-ethyl adjacent to an activating group) is 1. The standard InChI is InChI=1S/C15H25N3OS/c1-15(2,10-16)11-17(3)9-14(19)18-6-4-13-12(8-18)5-7-20-13/h5,7H,4,6,8-11,16H2,1-3H3. The molecule has 4 nitrogen and oxygen atoms in total. The average molecular weight is 295 g/mol. The first kappa shape index (κ1) is 15.5. The van der Waals surface area contributed by atoms with Crippen LogP contribution < -0.4 is 5.73 Å². The van der Waals surface area contributed by atoms with Gasteiger partial charge in [-0.3, -0.25) is 9.69 Å². The molecule has 5 heteroatoms. The van der Waals surface area contributed by atoms with Crippen molar-refractivity contribution in [3.05, 3.63) is 21.9 Å². The second-order valence-corrected chi connectivity index (χ2v) is 7.48. The predicted molar refractivity (Wildman–Crippen MR) is 83.8 cm³/mol. The molecule has 1 aliphatic heterocycles. The zero-order chi connectivity index (χ0) is 14.8. The lowest BCUT2D eigenvalue weighted by molar-refractivity contribution is -0.133. The van der Waals surface area contributed by atoms with Gasteiger partial charge < -0.3 is 10.6 Å². The molecule has 1 aliphatic rings. The number of hydrogen-bond acceptors (Lipinski definition) is 4. The van der Waals surface area contributed by atoms with Crippen molar-refractivity contribution in [3.8, 4) is 0 Å². The van der Waals surface area contributed by atoms with E-state index < -0.39 is 0 Å². The fourth-order valence-electron chi connectivity index (χ4n) is 2.64. The highest BCUT2D eigenvalue weighted by Gasteiger charge is 2.24. The minimum absolute atomic E-state index is 0.0530. The van der Waals surface area contributed by atoms with Gasteiger partial charge in [0.1, 0.15) is 0 Å². The van der Waals surface area contributed by atoms with E-state index in [0.717, 1.165) is 26.1 Å². The van der Waals surface area contributed by atoms with E-state index >= 15 is 0 Å². The molecule has 2 N–H and O–H groups in total. The zero-order valence-corrected chi connectivity index (χ0v) is 13.5. The van der Waals surface area contributed by atoms with Crippen LogP contribution >= 0.6 is 11.3 Å². The zero-order valence-electron chi connectivity index (χ0n) is 12.7. The molecule has 0 fully saturated rings. The van der Waals surface area contributed by atoms with Gasteiger partial charge in [-0.1, -0.05) is 13.8 Å². The summed E-state index contributed by atoms with van der Waals surface area (Å²) in [5.41, 5.74) is 7.12. The molecule has 112 valence electrons. The van der Waals surface area contributed by atoms with Crippen LogP contribution in [0.3, 0.4) is 0 Å². The number of rotatable bonds is 5. The first-order valence-electron chi connectivity index (χ1n) is 7.13. The van der Waals surface area contributed by atoms with E-state index in [1.165, 1.54) is 10.4 Å². The van der Waals surface area contributed by atoms with Gasteiger partial charge in [0.2, 0.25) is 5.91 Å². The van der Waals surface area contributed by atoms with Gasteiger partial charge in [0, 0.05) is 24.5 Å². The summed E-state index contributed by atoms with van der Waals surface area (Å²) in [5.74, 6) is 0.220. The van der Waals surface area contributed by atoms with Gasteiger partial charge >= 0.3 is 0 Å². The summed E-state index contributed by atoms with van der Waals surface area (Å²) >= 11 is 1.80. The quantitative estimate of drug-likeness (QED) is 0.896. The second-order valence-electron chi connectivity index (χ2n) is 6.47. The summed E-state index contributed by atoms with van der Waals surface area (Å²) in [6, 6.07) is 2.14. The van der Waals surface area contributed by atoms with Gasteiger partial charge in [0.05, 0.1) is 6.54 Å². The first-order chi connectivity index (χ1) is 9.41. The van der Waals surface area contributed by atoms with Crippen molar-refractivity contribution in [1.82, 2.24) is 9.80 Å². The van der Waals surface area contributed by atoms with Gasteiger partial charge in [-0.05, 0) is 42.4 Å². The molecule has 0 saturated carbocycles. The van der Waals surface area contributed by atoms with E-state index in [4.69, 9.17) is 5.73 Å². The van der Waals surface area contributed by atoms with Crippen molar-refractivity contribution in [2.75, 3.05) is 33.2 Å². The Morgan fingerprint density at radius 3 is 3.00 bits per heavy atom. The van der Waals surface area contributed by atoms with Crippen LogP contribution in [0.15, 0.2) is 11.4 Å². The molecule has 20 heavy (non-hydrogen) atoms. The van der Waals surface area contributed by atoms with Crippen LogP contribution in [0.2, 0.25) is 0 Å². The molecule has 0 aromatic carbocycles. The minimum atomic E-state index is 0.0530. The maximum Gasteiger partial charge on any atom is 0.237 e.